The zero-order chi connectivity index (χ0) is 14.6. The van der Waals surface area contributed by atoms with Crippen molar-refractivity contribution in [1.82, 2.24) is 10.6 Å². The number of aliphatic hydroxyl groups is 1. The number of hydrogen-bond donors (Lipinski definition) is 3. The van der Waals surface area contributed by atoms with Crippen LogP contribution in [-0.2, 0) is 6.54 Å². The maximum Gasteiger partial charge on any atom is 0.315 e. The van der Waals surface area contributed by atoms with Crippen molar-refractivity contribution in [3.63, 3.8) is 0 Å². The number of nitrogens with one attached hydrogen (secondary N) is 2. The van der Waals surface area contributed by atoms with Crippen LogP contribution >= 0.6 is 0 Å². The highest BCUT2D eigenvalue weighted by Crippen LogP contribution is 2.30. The SMILES string of the molecule is CN(C)c1ccc(CNC(=O)NCC2(O)CCC2)cc1. The third kappa shape index (κ3) is 3.87. The Morgan fingerprint density at radius 3 is 2.40 bits per heavy atom. The first-order valence-corrected chi connectivity index (χ1v) is 6.99. The molecule has 1 aliphatic rings. The third-order valence-corrected chi connectivity index (χ3v) is 3.77. The topological polar surface area (TPSA) is 64.6 Å². The van der Waals surface area contributed by atoms with Gasteiger partial charge in [0.15, 0.2) is 0 Å². The lowest BCUT2D eigenvalue weighted by Gasteiger charge is -2.36. The van der Waals surface area contributed by atoms with Crippen molar-refractivity contribution in [1.29, 1.82) is 0 Å². The van der Waals surface area contributed by atoms with Gasteiger partial charge in [-0.25, -0.2) is 4.79 Å². The Kier molecular flexibility index (Phi) is 4.49. The molecule has 0 spiro atoms. The van der Waals surface area contributed by atoms with Gasteiger partial charge in [-0.1, -0.05) is 12.1 Å². The molecule has 0 atom stereocenters. The molecule has 1 aromatic carbocycles. The molecule has 0 saturated heterocycles. The lowest BCUT2D eigenvalue weighted by molar-refractivity contribution is -0.0290. The van der Waals surface area contributed by atoms with E-state index in [9.17, 15) is 9.90 Å². The van der Waals surface area contributed by atoms with Crippen LogP contribution in [0.4, 0.5) is 10.5 Å². The maximum absolute atomic E-state index is 11.6. The predicted molar refractivity (Wildman–Crippen MR) is 79.8 cm³/mol. The number of benzene rings is 1. The van der Waals surface area contributed by atoms with Gasteiger partial charge in [0, 0.05) is 32.9 Å². The number of anilines is 1. The molecule has 0 radical (unpaired) electrons. The molecule has 0 bridgehead atoms. The first kappa shape index (κ1) is 14.7. The number of nitrogens with zero attached hydrogens (tertiary/aromatic N) is 1. The number of rotatable bonds is 5. The van der Waals surface area contributed by atoms with E-state index in [4.69, 9.17) is 0 Å². The number of carbonyl (C=O) groups excluding carboxylic acids is 1. The minimum absolute atomic E-state index is 0.234. The zero-order valence-corrected chi connectivity index (χ0v) is 12.1. The van der Waals surface area contributed by atoms with Crippen molar-refractivity contribution in [3.05, 3.63) is 29.8 Å². The van der Waals surface area contributed by atoms with Crippen molar-refractivity contribution < 1.29 is 9.90 Å². The molecule has 3 N–H and O–H groups in total. The summed E-state index contributed by atoms with van der Waals surface area (Å²) in [6, 6.07) is 7.80. The summed E-state index contributed by atoms with van der Waals surface area (Å²) in [6.07, 6.45) is 2.59. The largest absolute Gasteiger partial charge is 0.388 e. The zero-order valence-electron chi connectivity index (χ0n) is 12.1. The molecule has 20 heavy (non-hydrogen) atoms. The molecule has 2 rings (SSSR count). The van der Waals surface area contributed by atoms with Crippen LogP contribution in [0.1, 0.15) is 24.8 Å². The summed E-state index contributed by atoms with van der Waals surface area (Å²) >= 11 is 0. The Morgan fingerprint density at radius 2 is 1.90 bits per heavy atom. The van der Waals surface area contributed by atoms with Gasteiger partial charge in [-0.15, -0.1) is 0 Å². The summed E-state index contributed by atoms with van der Waals surface area (Å²) in [7, 11) is 3.98. The van der Waals surface area contributed by atoms with Gasteiger partial charge in [0.25, 0.3) is 0 Å². The minimum Gasteiger partial charge on any atom is -0.388 e. The Bertz CT molecular complexity index is 453. The Balaban J connectivity index is 1.72. The minimum atomic E-state index is -0.676. The fraction of sp³-hybridized carbons (Fsp3) is 0.533. The Hall–Kier alpha value is -1.75. The van der Waals surface area contributed by atoms with Crippen LogP contribution in [0.3, 0.4) is 0 Å². The van der Waals surface area contributed by atoms with Crippen molar-refractivity contribution in [3.8, 4) is 0 Å². The van der Waals surface area contributed by atoms with Crippen LogP contribution in [0, 0.1) is 0 Å². The first-order chi connectivity index (χ1) is 9.48. The lowest BCUT2D eigenvalue weighted by atomic mass is 9.80. The second-order valence-corrected chi connectivity index (χ2v) is 5.68. The second kappa shape index (κ2) is 6.13. The number of amides is 2. The van der Waals surface area contributed by atoms with Gasteiger partial charge in [0.05, 0.1) is 5.60 Å². The standard InChI is InChI=1S/C15H23N3O2/c1-18(2)13-6-4-12(5-7-13)10-16-14(19)17-11-15(20)8-3-9-15/h4-7,20H,3,8-11H2,1-2H3,(H2,16,17,19). The summed E-state index contributed by atoms with van der Waals surface area (Å²) < 4.78 is 0. The molecule has 110 valence electrons. The van der Waals surface area contributed by atoms with Gasteiger partial charge < -0.3 is 20.6 Å². The highest BCUT2D eigenvalue weighted by Gasteiger charge is 2.34. The highest BCUT2D eigenvalue weighted by molar-refractivity contribution is 5.73. The molecular weight excluding hydrogens is 254 g/mol. The highest BCUT2D eigenvalue weighted by atomic mass is 16.3. The number of carbonyl (C=O) groups is 1. The molecule has 0 aromatic heterocycles. The van der Waals surface area contributed by atoms with Gasteiger partial charge in [-0.3, -0.25) is 0 Å². The van der Waals surface area contributed by atoms with Gasteiger partial charge >= 0.3 is 6.03 Å². The Labute approximate surface area is 120 Å². The van der Waals surface area contributed by atoms with Gasteiger partial charge in [-0.2, -0.15) is 0 Å². The van der Waals surface area contributed by atoms with Crippen LogP contribution in [0.2, 0.25) is 0 Å². The van der Waals surface area contributed by atoms with E-state index in [1.54, 1.807) is 0 Å². The van der Waals surface area contributed by atoms with Crippen molar-refractivity contribution in [2.45, 2.75) is 31.4 Å². The molecule has 1 fully saturated rings. The van der Waals surface area contributed by atoms with E-state index in [0.717, 1.165) is 30.5 Å². The van der Waals surface area contributed by atoms with Crippen molar-refractivity contribution in [2.24, 2.45) is 0 Å². The van der Waals surface area contributed by atoms with E-state index in [-0.39, 0.29) is 6.03 Å². The summed E-state index contributed by atoms with van der Waals surface area (Å²) in [5.74, 6) is 0. The summed E-state index contributed by atoms with van der Waals surface area (Å²) in [5, 5.41) is 15.4. The molecule has 5 heteroatoms. The maximum atomic E-state index is 11.6. The average molecular weight is 277 g/mol. The lowest BCUT2D eigenvalue weighted by Crippen LogP contribution is -2.49. The summed E-state index contributed by atoms with van der Waals surface area (Å²) in [5.41, 5.74) is 1.50. The predicted octanol–water partition coefficient (Wildman–Crippen LogP) is 1.47. The first-order valence-electron chi connectivity index (χ1n) is 6.99. The van der Waals surface area contributed by atoms with Crippen LogP contribution in [-0.4, -0.2) is 37.4 Å². The third-order valence-electron chi connectivity index (χ3n) is 3.77. The molecule has 1 aliphatic carbocycles. The van der Waals surface area contributed by atoms with Crippen LogP contribution in [0.25, 0.3) is 0 Å². The fourth-order valence-electron chi connectivity index (χ4n) is 2.16. The van der Waals surface area contributed by atoms with Crippen LogP contribution in [0.5, 0.6) is 0 Å². The smallest absolute Gasteiger partial charge is 0.315 e. The van der Waals surface area contributed by atoms with Gasteiger partial charge in [0.2, 0.25) is 0 Å². The van der Waals surface area contributed by atoms with E-state index in [2.05, 4.69) is 10.6 Å². The summed E-state index contributed by atoms with van der Waals surface area (Å²) in [6.45, 7) is 0.816. The van der Waals surface area contributed by atoms with E-state index in [1.165, 1.54) is 0 Å². The summed E-state index contributed by atoms with van der Waals surface area (Å²) in [4.78, 5) is 13.7. The van der Waals surface area contributed by atoms with Crippen molar-refractivity contribution >= 4 is 11.7 Å². The van der Waals surface area contributed by atoms with Gasteiger partial charge in [-0.05, 0) is 37.0 Å². The molecule has 1 saturated carbocycles. The molecule has 1 aromatic rings. The van der Waals surface area contributed by atoms with E-state index >= 15 is 0 Å². The molecule has 0 aliphatic heterocycles. The second-order valence-electron chi connectivity index (χ2n) is 5.68. The Morgan fingerprint density at radius 1 is 1.25 bits per heavy atom. The van der Waals surface area contributed by atoms with E-state index in [1.807, 2.05) is 43.3 Å². The van der Waals surface area contributed by atoms with Crippen LogP contribution in [0.15, 0.2) is 24.3 Å². The molecule has 2 amide bonds. The average Bonchev–Trinajstić information content (AvgIpc) is 2.41. The normalized spacial score (nSPS) is 16.1. The van der Waals surface area contributed by atoms with Gasteiger partial charge in [0.1, 0.15) is 0 Å². The quantitative estimate of drug-likeness (QED) is 0.763. The monoisotopic (exact) mass is 277 g/mol. The number of hydrogen-bond acceptors (Lipinski definition) is 3. The van der Waals surface area contributed by atoms with E-state index < -0.39 is 5.60 Å². The molecule has 0 unspecified atom stereocenters. The molecule has 5 nitrogen and oxygen atoms in total. The van der Waals surface area contributed by atoms with Crippen LogP contribution < -0.4 is 15.5 Å². The number of urea groups is 1. The molecular formula is C15H23N3O2. The van der Waals surface area contributed by atoms with E-state index in [0.29, 0.717) is 13.1 Å². The molecule has 0 heterocycles. The fourth-order valence-corrected chi connectivity index (χ4v) is 2.16. The van der Waals surface area contributed by atoms with Crippen molar-refractivity contribution in [2.75, 3.05) is 25.5 Å².